The summed E-state index contributed by atoms with van der Waals surface area (Å²) in [4.78, 5) is 14.9. The maximum Gasteiger partial charge on any atom is 0.228 e. The molecule has 0 bridgehead atoms. The van der Waals surface area contributed by atoms with Crippen molar-refractivity contribution in [1.82, 2.24) is 4.90 Å². The predicted molar refractivity (Wildman–Crippen MR) is 80.2 cm³/mol. The largest absolute Gasteiger partial charge is 0.487 e. The number of hydrogen-bond acceptors (Lipinski definition) is 4. The highest BCUT2D eigenvalue weighted by Gasteiger charge is 2.32. The van der Waals surface area contributed by atoms with E-state index >= 15 is 0 Å². The van der Waals surface area contributed by atoms with Gasteiger partial charge in [-0.25, -0.2) is 0 Å². The fourth-order valence-electron chi connectivity index (χ4n) is 2.19. The van der Waals surface area contributed by atoms with E-state index in [2.05, 4.69) is 6.07 Å². The van der Waals surface area contributed by atoms with Crippen LogP contribution in [0.15, 0.2) is 41.8 Å². The summed E-state index contributed by atoms with van der Waals surface area (Å²) in [5, 5.41) is 10.7. The first-order chi connectivity index (χ1) is 10.2. The van der Waals surface area contributed by atoms with Gasteiger partial charge in [0.15, 0.2) is 0 Å². The van der Waals surface area contributed by atoms with Gasteiger partial charge in [0.2, 0.25) is 5.91 Å². The van der Waals surface area contributed by atoms with Gasteiger partial charge in [0, 0.05) is 4.88 Å². The van der Waals surface area contributed by atoms with Crippen LogP contribution in [0.25, 0.3) is 0 Å². The normalized spacial score (nSPS) is 14.3. The van der Waals surface area contributed by atoms with Crippen LogP contribution >= 0.6 is 11.3 Å². The number of nitriles is 1. The molecule has 3 rings (SSSR count). The Bertz CT molecular complexity index is 653. The van der Waals surface area contributed by atoms with E-state index < -0.39 is 0 Å². The molecule has 1 saturated heterocycles. The number of likely N-dealkylation sites (tertiary alicyclic amines) is 1. The van der Waals surface area contributed by atoms with Crippen molar-refractivity contribution in [3.8, 4) is 11.8 Å². The Morgan fingerprint density at radius 2 is 2.10 bits per heavy atom. The summed E-state index contributed by atoms with van der Waals surface area (Å²) in [7, 11) is 0. The highest BCUT2D eigenvalue weighted by Crippen LogP contribution is 2.20. The maximum absolute atomic E-state index is 12.0. The minimum Gasteiger partial charge on any atom is -0.487 e. The molecule has 1 amide bonds. The zero-order valence-corrected chi connectivity index (χ0v) is 12.2. The predicted octanol–water partition coefficient (Wildman–Crippen LogP) is 2.45. The number of carbonyl (C=O) groups is 1. The Morgan fingerprint density at radius 1 is 1.33 bits per heavy atom. The number of carbonyl (C=O) groups excluding carboxylic acids is 1. The van der Waals surface area contributed by atoms with Crippen molar-refractivity contribution >= 4 is 17.2 Å². The highest BCUT2D eigenvalue weighted by molar-refractivity contribution is 7.10. The Morgan fingerprint density at radius 3 is 2.71 bits per heavy atom. The van der Waals surface area contributed by atoms with Crippen LogP contribution in [0.3, 0.4) is 0 Å². The fourth-order valence-corrected chi connectivity index (χ4v) is 2.89. The molecule has 5 heteroatoms. The third kappa shape index (κ3) is 3.23. The summed E-state index contributed by atoms with van der Waals surface area (Å²) < 4.78 is 5.76. The second-order valence-corrected chi connectivity index (χ2v) is 5.96. The SMILES string of the molecule is N#Cc1ccc(OC2CN(C(=O)Cc3cccs3)C2)cc1. The number of thiophene rings is 1. The van der Waals surface area contributed by atoms with E-state index in [9.17, 15) is 4.79 Å². The second kappa shape index (κ2) is 5.98. The fraction of sp³-hybridized carbons (Fsp3) is 0.250. The van der Waals surface area contributed by atoms with Crippen molar-refractivity contribution < 1.29 is 9.53 Å². The zero-order valence-electron chi connectivity index (χ0n) is 11.4. The Balaban J connectivity index is 1.47. The van der Waals surface area contributed by atoms with Gasteiger partial charge in [-0.05, 0) is 35.7 Å². The molecule has 1 aromatic carbocycles. The summed E-state index contributed by atoms with van der Waals surface area (Å²) in [6.07, 6.45) is 0.520. The average Bonchev–Trinajstić information content (AvgIpc) is 2.95. The van der Waals surface area contributed by atoms with Crippen molar-refractivity contribution in [3.63, 3.8) is 0 Å². The number of rotatable bonds is 4. The molecule has 0 saturated carbocycles. The van der Waals surface area contributed by atoms with Gasteiger partial charge in [0.05, 0.1) is 31.1 Å². The molecule has 106 valence electrons. The van der Waals surface area contributed by atoms with Crippen molar-refractivity contribution in [2.75, 3.05) is 13.1 Å². The van der Waals surface area contributed by atoms with Gasteiger partial charge in [0.25, 0.3) is 0 Å². The first kappa shape index (κ1) is 13.7. The lowest BCUT2D eigenvalue weighted by Gasteiger charge is -2.39. The van der Waals surface area contributed by atoms with Gasteiger partial charge < -0.3 is 9.64 Å². The molecule has 1 aliphatic heterocycles. The molecule has 0 radical (unpaired) electrons. The molecule has 0 N–H and O–H groups in total. The van der Waals surface area contributed by atoms with E-state index in [0.717, 1.165) is 10.6 Å². The van der Waals surface area contributed by atoms with Crippen molar-refractivity contribution in [1.29, 1.82) is 5.26 Å². The van der Waals surface area contributed by atoms with Gasteiger partial charge in [-0.15, -0.1) is 11.3 Å². The van der Waals surface area contributed by atoms with E-state index in [1.807, 2.05) is 22.4 Å². The average molecular weight is 298 g/mol. The lowest BCUT2D eigenvalue weighted by atomic mass is 10.1. The third-order valence-corrected chi connectivity index (χ3v) is 4.27. The van der Waals surface area contributed by atoms with Gasteiger partial charge in [-0.2, -0.15) is 5.26 Å². The first-order valence-corrected chi connectivity index (χ1v) is 7.59. The number of benzene rings is 1. The van der Waals surface area contributed by atoms with Gasteiger partial charge in [-0.1, -0.05) is 6.07 Å². The Labute approximate surface area is 127 Å². The van der Waals surface area contributed by atoms with Crippen LogP contribution in [-0.4, -0.2) is 30.0 Å². The summed E-state index contributed by atoms with van der Waals surface area (Å²) in [6.45, 7) is 1.26. The van der Waals surface area contributed by atoms with Crippen LogP contribution in [0.1, 0.15) is 10.4 Å². The summed E-state index contributed by atoms with van der Waals surface area (Å²) in [5.41, 5.74) is 0.615. The number of amides is 1. The van der Waals surface area contributed by atoms with Crippen LogP contribution < -0.4 is 4.74 Å². The molecule has 2 heterocycles. The minimum atomic E-state index is 0.0465. The summed E-state index contributed by atoms with van der Waals surface area (Å²) in [6, 6.07) is 13.0. The maximum atomic E-state index is 12.0. The van der Waals surface area contributed by atoms with E-state index in [1.54, 1.807) is 35.6 Å². The van der Waals surface area contributed by atoms with Crippen LogP contribution in [-0.2, 0) is 11.2 Å². The van der Waals surface area contributed by atoms with Crippen LogP contribution in [0.4, 0.5) is 0 Å². The molecule has 21 heavy (non-hydrogen) atoms. The Kier molecular flexibility index (Phi) is 3.89. The molecule has 0 atom stereocenters. The molecule has 1 aromatic heterocycles. The van der Waals surface area contributed by atoms with Gasteiger partial charge in [-0.3, -0.25) is 4.79 Å². The topological polar surface area (TPSA) is 53.3 Å². The first-order valence-electron chi connectivity index (χ1n) is 6.71. The molecule has 0 aliphatic carbocycles. The molecule has 0 unspecified atom stereocenters. The minimum absolute atomic E-state index is 0.0465. The summed E-state index contributed by atoms with van der Waals surface area (Å²) in [5.74, 6) is 0.890. The number of nitrogens with zero attached hydrogens (tertiary/aromatic N) is 2. The molecule has 1 aliphatic rings. The van der Waals surface area contributed by atoms with Crippen LogP contribution in [0.2, 0.25) is 0 Å². The lowest BCUT2D eigenvalue weighted by Crippen LogP contribution is -2.56. The monoisotopic (exact) mass is 298 g/mol. The smallest absolute Gasteiger partial charge is 0.228 e. The lowest BCUT2D eigenvalue weighted by molar-refractivity contribution is -0.139. The van der Waals surface area contributed by atoms with E-state index in [-0.39, 0.29) is 12.0 Å². The Hall–Kier alpha value is -2.32. The van der Waals surface area contributed by atoms with Gasteiger partial charge >= 0.3 is 0 Å². The molecule has 2 aromatic rings. The van der Waals surface area contributed by atoms with E-state index in [4.69, 9.17) is 10.00 Å². The number of ether oxygens (including phenoxy) is 1. The van der Waals surface area contributed by atoms with Crippen LogP contribution in [0.5, 0.6) is 5.75 Å². The third-order valence-electron chi connectivity index (χ3n) is 3.39. The second-order valence-electron chi connectivity index (χ2n) is 4.93. The molecule has 1 fully saturated rings. The van der Waals surface area contributed by atoms with E-state index in [1.165, 1.54) is 0 Å². The molecule has 0 spiro atoms. The zero-order chi connectivity index (χ0) is 14.7. The number of hydrogen-bond donors (Lipinski definition) is 0. The highest BCUT2D eigenvalue weighted by atomic mass is 32.1. The van der Waals surface area contributed by atoms with Crippen molar-refractivity contribution in [2.45, 2.75) is 12.5 Å². The molecular formula is C16H14N2O2S. The quantitative estimate of drug-likeness (QED) is 0.871. The standard InChI is InChI=1S/C16H14N2O2S/c17-9-12-3-5-13(6-4-12)20-14-10-18(11-14)16(19)8-15-2-1-7-21-15/h1-7,14H,8,10-11H2. The summed E-state index contributed by atoms with van der Waals surface area (Å²) >= 11 is 1.61. The van der Waals surface area contributed by atoms with Crippen LogP contribution in [0, 0.1) is 11.3 Å². The molecular weight excluding hydrogens is 284 g/mol. The van der Waals surface area contributed by atoms with Gasteiger partial charge in [0.1, 0.15) is 11.9 Å². The van der Waals surface area contributed by atoms with Crippen molar-refractivity contribution in [3.05, 3.63) is 52.2 Å². The van der Waals surface area contributed by atoms with Crippen molar-refractivity contribution in [2.24, 2.45) is 0 Å². The van der Waals surface area contributed by atoms with E-state index in [0.29, 0.717) is 25.1 Å². The molecule has 4 nitrogen and oxygen atoms in total.